The minimum atomic E-state index is -1.33. The summed E-state index contributed by atoms with van der Waals surface area (Å²) in [5, 5.41) is 9.02. The predicted octanol–water partition coefficient (Wildman–Crippen LogP) is 2.81. The number of rotatable bonds is 11. The Kier molecular flexibility index (Phi) is 9.94. The predicted molar refractivity (Wildman–Crippen MR) is 85.7 cm³/mol. The fraction of sp³-hybridized carbons (Fsp3) is 0.706. The standard InChI is InChI=1S/C17H28O6/c1-11(2)6-8-22-15(18)10-14(13(5)16(19)20)17(21)23-9-7-12(3)4/h11-12,14H,5-10H2,1-4H3,(H,19,20). The van der Waals surface area contributed by atoms with Crippen molar-refractivity contribution in [1.29, 1.82) is 0 Å². The van der Waals surface area contributed by atoms with Crippen LogP contribution >= 0.6 is 0 Å². The van der Waals surface area contributed by atoms with E-state index in [1.807, 2.05) is 27.7 Å². The van der Waals surface area contributed by atoms with E-state index in [1.54, 1.807) is 0 Å². The van der Waals surface area contributed by atoms with E-state index < -0.39 is 23.8 Å². The van der Waals surface area contributed by atoms with Crippen LogP contribution < -0.4 is 0 Å². The maximum absolute atomic E-state index is 12.0. The highest BCUT2D eigenvalue weighted by molar-refractivity contribution is 5.95. The molecule has 0 fully saturated rings. The van der Waals surface area contributed by atoms with Gasteiger partial charge < -0.3 is 14.6 Å². The molecule has 0 radical (unpaired) electrons. The monoisotopic (exact) mass is 328 g/mol. The normalized spacial score (nSPS) is 12.1. The molecule has 0 aromatic heterocycles. The minimum Gasteiger partial charge on any atom is -0.478 e. The molecule has 132 valence electrons. The molecule has 6 nitrogen and oxygen atoms in total. The zero-order valence-electron chi connectivity index (χ0n) is 14.5. The van der Waals surface area contributed by atoms with E-state index in [0.29, 0.717) is 24.7 Å². The van der Waals surface area contributed by atoms with Crippen molar-refractivity contribution >= 4 is 17.9 Å². The molecule has 6 heteroatoms. The van der Waals surface area contributed by atoms with Gasteiger partial charge in [0.2, 0.25) is 0 Å². The number of carbonyl (C=O) groups excluding carboxylic acids is 2. The van der Waals surface area contributed by atoms with E-state index in [4.69, 9.17) is 14.6 Å². The Labute approximate surface area is 137 Å². The molecule has 1 atom stereocenters. The molecule has 0 spiro atoms. The maximum Gasteiger partial charge on any atom is 0.331 e. The second-order valence-corrected chi connectivity index (χ2v) is 6.34. The fourth-order valence-corrected chi connectivity index (χ4v) is 1.63. The average Bonchev–Trinajstić information content (AvgIpc) is 2.42. The van der Waals surface area contributed by atoms with Gasteiger partial charge in [0, 0.05) is 5.57 Å². The number of ether oxygens (including phenoxy) is 2. The molecule has 23 heavy (non-hydrogen) atoms. The van der Waals surface area contributed by atoms with Crippen molar-refractivity contribution in [1.82, 2.24) is 0 Å². The van der Waals surface area contributed by atoms with E-state index in [9.17, 15) is 14.4 Å². The first-order valence-electron chi connectivity index (χ1n) is 7.89. The summed E-state index contributed by atoms with van der Waals surface area (Å²) in [7, 11) is 0. The van der Waals surface area contributed by atoms with Gasteiger partial charge in [0.1, 0.15) is 0 Å². The number of carboxylic acids is 1. The number of aliphatic carboxylic acids is 1. The fourth-order valence-electron chi connectivity index (χ4n) is 1.63. The highest BCUT2D eigenvalue weighted by atomic mass is 16.5. The lowest BCUT2D eigenvalue weighted by molar-refractivity contribution is -0.155. The van der Waals surface area contributed by atoms with Crippen LogP contribution in [-0.2, 0) is 23.9 Å². The largest absolute Gasteiger partial charge is 0.478 e. The van der Waals surface area contributed by atoms with Crippen LogP contribution in [0, 0.1) is 17.8 Å². The first-order valence-corrected chi connectivity index (χ1v) is 7.89. The Hall–Kier alpha value is -1.85. The Morgan fingerprint density at radius 3 is 1.87 bits per heavy atom. The van der Waals surface area contributed by atoms with Crippen molar-refractivity contribution in [3.05, 3.63) is 12.2 Å². The molecule has 0 aromatic rings. The topological polar surface area (TPSA) is 89.9 Å². The summed E-state index contributed by atoms with van der Waals surface area (Å²) in [6, 6.07) is 0. The van der Waals surface area contributed by atoms with Gasteiger partial charge in [-0.1, -0.05) is 34.3 Å². The zero-order valence-corrected chi connectivity index (χ0v) is 14.5. The third-order valence-electron chi connectivity index (χ3n) is 3.25. The summed E-state index contributed by atoms with van der Waals surface area (Å²) in [6.07, 6.45) is 0.996. The number of hydrogen-bond donors (Lipinski definition) is 1. The van der Waals surface area contributed by atoms with Crippen LogP contribution in [0.5, 0.6) is 0 Å². The van der Waals surface area contributed by atoms with E-state index in [-0.39, 0.29) is 25.2 Å². The molecule has 0 bridgehead atoms. The van der Waals surface area contributed by atoms with E-state index in [1.165, 1.54) is 0 Å². The number of carbonyl (C=O) groups is 3. The van der Waals surface area contributed by atoms with Crippen LogP contribution in [0.4, 0.5) is 0 Å². The smallest absolute Gasteiger partial charge is 0.331 e. The lowest BCUT2D eigenvalue weighted by atomic mass is 9.97. The number of hydrogen-bond acceptors (Lipinski definition) is 5. The molecule has 0 amide bonds. The Morgan fingerprint density at radius 2 is 1.43 bits per heavy atom. The molecule has 0 rings (SSSR count). The van der Waals surface area contributed by atoms with Crippen LogP contribution in [0.2, 0.25) is 0 Å². The van der Waals surface area contributed by atoms with Crippen molar-refractivity contribution in [2.75, 3.05) is 13.2 Å². The van der Waals surface area contributed by atoms with Crippen LogP contribution in [0.15, 0.2) is 12.2 Å². The Bertz CT molecular complexity index is 425. The molecular weight excluding hydrogens is 300 g/mol. The van der Waals surface area contributed by atoms with Crippen LogP contribution in [0.25, 0.3) is 0 Å². The molecule has 0 aliphatic carbocycles. The SMILES string of the molecule is C=C(C(=O)O)C(CC(=O)OCCC(C)C)C(=O)OCCC(C)C. The summed E-state index contributed by atoms with van der Waals surface area (Å²) in [4.78, 5) is 34.9. The third kappa shape index (κ3) is 9.71. The molecule has 0 heterocycles. The van der Waals surface area contributed by atoms with Crippen molar-refractivity contribution in [2.24, 2.45) is 17.8 Å². The molecular formula is C17H28O6. The number of carboxylic acid groups (broad SMARTS) is 1. The molecule has 0 aliphatic rings. The molecule has 0 aliphatic heterocycles. The maximum atomic E-state index is 12.0. The second-order valence-electron chi connectivity index (χ2n) is 6.34. The molecule has 0 aromatic carbocycles. The van der Waals surface area contributed by atoms with E-state index >= 15 is 0 Å². The second kappa shape index (κ2) is 10.8. The average molecular weight is 328 g/mol. The van der Waals surface area contributed by atoms with Gasteiger partial charge >= 0.3 is 17.9 Å². The van der Waals surface area contributed by atoms with Crippen LogP contribution in [0.3, 0.4) is 0 Å². The van der Waals surface area contributed by atoms with Gasteiger partial charge in [-0.15, -0.1) is 0 Å². The Balaban J connectivity index is 4.62. The van der Waals surface area contributed by atoms with Crippen molar-refractivity contribution < 1.29 is 29.0 Å². The van der Waals surface area contributed by atoms with Crippen molar-refractivity contribution in [3.8, 4) is 0 Å². The number of esters is 2. The minimum absolute atomic E-state index is 0.183. The molecule has 1 N–H and O–H groups in total. The zero-order chi connectivity index (χ0) is 18.0. The molecule has 1 unspecified atom stereocenters. The highest BCUT2D eigenvalue weighted by Gasteiger charge is 2.30. The van der Waals surface area contributed by atoms with Crippen LogP contribution in [-0.4, -0.2) is 36.2 Å². The summed E-state index contributed by atoms with van der Waals surface area (Å²) in [5.74, 6) is -3.19. The molecule has 0 saturated heterocycles. The van der Waals surface area contributed by atoms with Gasteiger partial charge in [0.05, 0.1) is 25.6 Å². The summed E-state index contributed by atoms with van der Waals surface area (Å²) < 4.78 is 10.1. The van der Waals surface area contributed by atoms with Gasteiger partial charge in [0.25, 0.3) is 0 Å². The van der Waals surface area contributed by atoms with E-state index in [0.717, 1.165) is 0 Å². The van der Waals surface area contributed by atoms with Gasteiger partial charge in [-0.25, -0.2) is 4.79 Å². The highest BCUT2D eigenvalue weighted by Crippen LogP contribution is 2.18. The summed E-state index contributed by atoms with van der Waals surface area (Å²) in [6.45, 7) is 11.7. The third-order valence-corrected chi connectivity index (χ3v) is 3.25. The molecule has 0 saturated carbocycles. The van der Waals surface area contributed by atoms with Gasteiger partial charge in [0.15, 0.2) is 0 Å². The summed E-state index contributed by atoms with van der Waals surface area (Å²) >= 11 is 0. The summed E-state index contributed by atoms with van der Waals surface area (Å²) in [5.41, 5.74) is -0.361. The van der Waals surface area contributed by atoms with Crippen molar-refractivity contribution in [3.63, 3.8) is 0 Å². The van der Waals surface area contributed by atoms with E-state index in [2.05, 4.69) is 6.58 Å². The van der Waals surface area contributed by atoms with Gasteiger partial charge in [-0.2, -0.15) is 0 Å². The Morgan fingerprint density at radius 1 is 0.957 bits per heavy atom. The lowest BCUT2D eigenvalue weighted by Crippen LogP contribution is -2.27. The van der Waals surface area contributed by atoms with Gasteiger partial charge in [-0.3, -0.25) is 9.59 Å². The van der Waals surface area contributed by atoms with Crippen LogP contribution in [0.1, 0.15) is 47.0 Å². The lowest BCUT2D eigenvalue weighted by Gasteiger charge is -2.16. The first kappa shape index (κ1) is 21.1. The van der Waals surface area contributed by atoms with Crippen molar-refractivity contribution in [2.45, 2.75) is 47.0 Å². The first-order chi connectivity index (χ1) is 10.6. The quantitative estimate of drug-likeness (QED) is 0.463. The van der Waals surface area contributed by atoms with Gasteiger partial charge in [-0.05, 0) is 24.7 Å².